The second kappa shape index (κ2) is 9.22. The zero-order valence-electron chi connectivity index (χ0n) is 17.5. The van der Waals surface area contributed by atoms with Crippen LogP contribution in [-0.4, -0.2) is 31.8 Å². The van der Waals surface area contributed by atoms with E-state index >= 15 is 0 Å². The molecule has 0 radical (unpaired) electrons. The SMILES string of the molecule is CC(C)Cn1c(Cn2cccn2)nc2cc(NC(=O)COc3ccc(Cl)cc3)ccc21. The average molecular weight is 438 g/mol. The van der Waals surface area contributed by atoms with Crippen LogP contribution in [-0.2, 0) is 17.9 Å². The molecule has 2 heterocycles. The number of anilines is 1. The maximum Gasteiger partial charge on any atom is 0.262 e. The number of nitrogens with one attached hydrogen (secondary N) is 1. The molecular formula is C23H24ClN5O2. The molecule has 2 aromatic heterocycles. The molecule has 0 fully saturated rings. The lowest BCUT2D eigenvalue weighted by atomic mass is 10.2. The number of rotatable bonds is 8. The molecule has 0 aliphatic heterocycles. The van der Waals surface area contributed by atoms with Crippen LogP contribution in [0.1, 0.15) is 19.7 Å². The van der Waals surface area contributed by atoms with Crippen LogP contribution in [0.4, 0.5) is 5.69 Å². The highest BCUT2D eigenvalue weighted by Gasteiger charge is 2.14. The number of fused-ring (bicyclic) bond motifs is 1. The summed E-state index contributed by atoms with van der Waals surface area (Å²) in [6, 6.07) is 14.6. The summed E-state index contributed by atoms with van der Waals surface area (Å²) in [6.45, 7) is 5.71. The van der Waals surface area contributed by atoms with Crippen molar-refractivity contribution in [3.05, 3.63) is 71.8 Å². The lowest BCUT2D eigenvalue weighted by molar-refractivity contribution is -0.118. The van der Waals surface area contributed by atoms with E-state index in [4.69, 9.17) is 21.3 Å². The molecule has 31 heavy (non-hydrogen) atoms. The molecule has 0 aliphatic rings. The number of hydrogen-bond donors (Lipinski definition) is 1. The lowest BCUT2D eigenvalue weighted by Gasteiger charge is -2.12. The minimum absolute atomic E-state index is 0.0913. The number of halogens is 1. The Bertz CT molecular complexity index is 1170. The van der Waals surface area contributed by atoms with Gasteiger partial charge in [-0.3, -0.25) is 9.48 Å². The van der Waals surface area contributed by atoms with Gasteiger partial charge >= 0.3 is 0 Å². The van der Waals surface area contributed by atoms with Crippen molar-refractivity contribution < 1.29 is 9.53 Å². The molecule has 0 atom stereocenters. The zero-order chi connectivity index (χ0) is 21.8. The van der Waals surface area contributed by atoms with Crippen molar-refractivity contribution >= 4 is 34.2 Å². The van der Waals surface area contributed by atoms with Crippen LogP contribution in [0.25, 0.3) is 11.0 Å². The van der Waals surface area contributed by atoms with Crippen LogP contribution in [0.2, 0.25) is 5.02 Å². The Hall–Kier alpha value is -3.32. The number of nitrogens with zero attached hydrogens (tertiary/aromatic N) is 4. The predicted octanol–water partition coefficient (Wildman–Crippen LogP) is 4.61. The number of carbonyl (C=O) groups is 1. The summed E-state index contributed by atoms with van der Waals surface area (Å²) in [6.07, 6.45) is 3.68. The van der Waals surface area contributed by atoms with Gasteiger partial charge in [0, 0.05) is 29.6 Å². The normalized spacial score (nSPS) is 11.2. The number of ether oxygens (including phenoxy) is 1. The summed E-state index contributed by atoms with van der Waals surface area (Å²) in [5, 5.41) is 7.79. The van der Waals surface area contributed by atoms with Crippen molar-refractivity contribution in [1.82, 2.24) is 19.3 Å². The summed E-state index contributed by atoms with van der Waals surface area (Å²) in [5.41, 5.74) is 2.54. The van der Waals surface area contributed by atoms with E-state index in [2.05, 4.69) is 28.8 Å². The predicted molar refractivity (Wildman–Crippen MR) is 121 cm³/mol. The number of carbonyl (C=O) groups excluding carboxylic acids is 1. The molecule has 0 saturated carbocycles. The second-order valence-electron chi connectivity index (χ2n) is 7.73. The molecule has 0 spiro atoms. The van der Waals surface area contributed by atoms with Crippen LogP contribution in [0.3, 0.4) is 0 Å². The first-order valence-electron chi connectivity index (χ1n) is 10.1. The van der Waals surface area contributed by atoms with Gasteiger partial charge in [-0.1, -0.05) is 25.4 Å². The monoisotopic (exact) mass is 437 g/mol. The molecule has 0 unspecified atom stereocenters. The standard InChI is InChI=1S/C23H24ClN5O2/c1-16(2)13-29-21-9-6-18(12-20(21)27-22(29)14-28-11-3-10-25-28)26-23(30)15-31-19-7-4-17(24)5-8-19/h3-12,16H,13-15H2,1-2H3,(H,26,30). The Morgan fingerprint density at radius 1 is 1.19 bits per heavy atom. The molecule has 4 aromatic rings. The molecule has 0 bridgehead atoms. The van der Waals surface area contributed by atoms with Crippen LogP contribution < -0.4 is 10.1 Å². The Balaban J connectivity index is 1.50. The number of hydrogen-bond acceptors (Lipinski definition) is 4. The van der Waals surface area contributed by atoms with Crippen molar-refractivity contribution in [2.24, 2.45) is 5.92 Å². The third kappa shape index (κ3) is 5.24. The summed E-state index contributed by atoms with van der Waals surface area (Å²) in [4.78, 5) is 17.1. The largest absolute Gasteiger partial charge is 0.484 e. The van der Waals surface area contributed by atoms with E-state index in [-0.39, 0.29) is 12.5 Å². The molecule has 2 aromatic carbocycles. The molecule has 1 amide bonds. The van der Waals surface area contributed by atoms with Gasteiger partial charge in [-0.2, -0.15) is 5.10 Å². The van der Waals surface area contributed by atoms with Crippen LogP contribution >= 0.6 is 11.6 Å². The Kier molecular flexibility index (Phi) is 6.23. The van der Waals surface area contributed by atoms with E-state index in [1.54, 1.807) is 30.5 Å². The summed E-state index contributed by atoms with van der Waals surface area (Å²) >= 11 is 5.86. The smallest absolute Gasteiger partial charge is 0.262 e. The van der Waals surface area contributed by atoms with Gasteiger partial charge in [-0.15, -0.1) is 0 Å². The fraction of sp³-hybridized carbons (Fsp3) is 0.261. The maximum atomic E-state index is 12.3. The maximum absolute atomic E-state index is 12.3. The van der Waals surface area contributed by atoms with Crippen molar-refractivity contribution in [2.75, 3.05) is 11.9 Å². The van der Waals surface area contributed by atoms with Crippen molar-refractivity contribution in [1.29, 1.82) is 0 Å². The average Bonchev–Trinajstić information content (AvgIpc) is 3.36. The summed E-state index contributed by atoms with van der Waals surface area (Å²) < 4.78 is 9.58. The Morgan fingerprint density at radius 2 is 2.00 bits per heavy atom. The van der Waals surface area contributed by atoms with Gasteiger partial charge in [0.15, 0.2) is 6.61 Å². The highest BCUT2D eigenvalue weighted by molar-refractivity contribution is 6.30. The third-order valence-electron chi connectivity index (χ3n) is 4.70. The van der Waals surface area contributed by atoms with E-state index in [1.165, 1.54) is 0 Å². The highest BCUT2D eigenvalue weighted by Crippen LogP contribution is 2.23. The molecular weight excluding hydrogens is 414 g/mol. The first-order chi connectivity index (χ1) is 15.0. The van der Waals surface area contributed by atoms with Crippen LogP contribution in [0.5, 0.6) is 5.75 Å². The number of benzene rings is 2. The van der Waals surface area contributed by atoms with Crippen molar-refractivity contribution in [2.45, 2.75) is 26.9 Å². The molecule has 1 N–H and O–H groups in total. The summed E-state index contributed by atoms with van der Waals surface area (Å²) in [7, 11) is 0. The fourth-order valence-corrected chi connectivity index (χ4v) is 3.49. The molecule has 0 saturated heterocycles. The van der Waals surface area contributed by atoms with E-state index < -0.39 is 0 Å². The van der Waals surface area contributed by atoms with Crippen molar-refractivity contribution in [3.8, 4) is 5.75 Å². The number of aromatic nitrogens is 4. The van der Waals surface area contributed by atoms with Gasteiger partial charge in [0.25, 0.3) is 5.91 Å². The molecule has 4 rings (SSSR count). The molecule has 0 aliphatic carbocycles. The van der Waals surface area contributed by atoms with E-state index in [1.807, 2.05) is 35.1 Å². The Morgan fingerprint density at radius 3 is 2.71 bits per heavy atom. The van der Waals surface area contributed by atoms with Crippen molar-refractivity contribution in [3.63, 3.8) is 0 Å². The first-order valence-corrected chi connectivity index (χ1v) is 10.5. The minimum Gasteiger partial charge on any atom is -0.484 e. The van der Waals surface area contributed by atoms with Crippen LogP contribution in [0, 0.1) is 5.92 Å². The molecule has 7 nitrogen and oxygen atoms in total. The molecule has 8 heteroatoms. The Labute approximate surface area is 185 Å². The molecule has 160 valence electrons. The van der Waals surface area contributed by atoms with E-state index in [0.717, 1.165) is 23.4 Å². The zero-order valence-corrected chi connectivity index (χ0v) is 18.2. The van der Waals surface area contributed by atoms with E-state index in [9.17, 15) is 4.79 Å². The topological polar surface area (TPSA) is 74.0 Å². The quantitative estimate of drug-likeness (QED) is 0.437. The van der Waals surface area contributed by atoms with E-state index in [0.29, 0.717) is 28.9 Å². The summed E-state index contributed by atoms with van der Waals surface area (Å²) in [5.74, 6) is 1.75. The highest BCUT2D eigenvalue weighted by atomic mass is 35.5. The van der Waals surface area contributed by atoms with Gasteiger partial charge in [0.2, 0.25) is 0 Å². The minimum atomic E-state index is -0.243. The van der Waals surface area contributed by atoms with Gasteiger partial charge < -0.3 is 14.6 Å². The first kappa shape index (κ1) is 20.9. The van der Waals surface area contributed by atoms with Gasteiger partial charge in [-0.05, 0) is 54.4 Å². The lowest BCUT2D eigenvalue weighted by Crippen LogP contribution is -2.20. The van der Waals surface area contributed by atoms with Gasteiger partial charge in [0.05, 0.1) is 17.6 Å². The fourth-order valence-electron chi connectivity index (χ4n) is 3.36. The van der Waals surface area contributed by atoms with Gasteiger partial charge in [0.1, 0.15) is 11.6 Å². The number of amides is 1. The number of imidazole rings is 1. The van der Waals surface area contributed by atoms with Crippen LogP contribution in [0.15, 0.2) is 60.9 Å². The van der Waals surface area contributed by atoms with Gasteiger partial charge in [-0.25, -0.2) is 4.98 Å². The second-order valence-corrected chi connectivity index (χ2v) is 8.17. The third-order valence-corrected chi connectivity index (χ3v) is 4.96.